The molecule has 0 radical (unpaired) electrons. The summed E-state index contributed by atoms with van der Waals surface area (Å²) in [7, 11) is 0. The van der Waals surface area contributed by atoms with Gasteiger partial charge >= 0.3 is 0 Å². The first-order valence-electron chi connectivity index (χ1n) is 6.91. The Morgan fingerprint density at radius 3 is 2.70 bits per heavy atom. The lowest BCUT2D eigenvalue weighted by Crippen LogP contribution is -2.65. The van der Waals surface area contributed by atoms with Crippen molar-refractivity contribution in [2.45, 2.75) is 56.8 Å². The number of hydrogen-bond donors (Lipinski definition) is 3. The van der Waals surface area contributed by atoms with Gasteiger partial charge in [0.25, 0.3) is 0 Å². The zero-order valence-electron chi connectivity index (χ0n) is 12.2. The van der Waals surface area contributed by atoms with Crippen molar-refractivity contribution in [2.24, 2.45) is 5.73 Å². The van der Waals surface area contributed by atoms with Gasteiger partial charge in [0.15, 0.2) is 5.79 Å². The summed E-state index contributed by atoms with van der Waals surface area (Å²) >= 11 is 0. The topological polar surface area (TPSA) is 103 Å². The Balaban J connectivity index is 2.25. The summed E-state index contributed by atoms with van der Waals surface area (Å²) in [5.74, 6) is -0.935. The van der Waals surface area contributed by atoms with E-state index >= 15 is 0 Å². The van der Waals surface area contributed by atoms with Gasteiger partial charge in [0.2, 0.25) is 5.91 Å². The van der Waals surface area contributed by atoms with Crippen LogP contribution in [0.5, 0.6) is 0 Å². The van der Waals surface area contributed by atoms with Crippen LogP contribution in [0, 0.1) is 0 Å². The van der Waals surface area contributed by atoms with E-state index in [1.807, 2.05) is 0 Å². The first-order valence-corrected chi connectivity index (χ1v) is 6.91. The monoisotopic (exact) mass is 288 g/mol. The summed E-state index contributed by atoms with van der Waals surface area (Å²) in [6.07, 6.45) is -0.352. The van der Waals surface area contributed by atoms with Gasteiger partial charge < -0.3 is 30.4 Å². The minimum absolute atomic E-state index is 0.152. The minimum atomic E-state index is -0.873. The van der Waals surface area contributed by atoms with Crippen LogP contribution < -0.4 is 11.1 Å². The quantitative estimate of drug-likeness (QED) is 0.621. The summed E-state index contributed by atoms with van der Waals surface area (Å²) < 4.78 is 17.6. The Hall–Kier alpha value is -0.730. The third-order valence-electron chi connectivity index (χ3n) is 3.82. The van der Waals surface area contributed by atoms with Crippen LogP contribution in [-0.4, -0.2) is 60.4 Å². The fourth-order valence-electron chi connectivity index (χ4n) is 2.98. The maximum absolute atomic E-state index is 11.3. The highest BCUT2D eigenvalue weighted by atomic mass is 16.8. The average Bonchev–Trinajstić information content (AvgIpc) is 2.69. The molecule has 0 aliphatic carbocycles. The number of rotatable bonds is 4. The Morgan fingerprint density at radius 2 is 2.15 bits per heavy atom. The number of aliphatic hydroxyl groups is 1. The molecule has 0 aromatic rings. The second-order valence-electron chi connectivity index (χ2n) is 5.90. The Labute approximate surface area is 118 Å². The van der Waals surface area contributed by atoms with Gasteiger partial charge in [-0.05, 0) is 26.8 Å². The lowest BCUT2D eigenvalue weighted by atomic mass is 9.84. The van der Waals surface area contributed by atoms with Gasteiger partial charge in [-0.25, -0.2) is 0 Å². The zero-order valence-corrected chi connectivity index (χ0v) is 12.2. The van der Waals surface area contributed by atoms with Gasteiger partial charge in [-0.3, -0.25) is 4.79 Å². The molecule has 2 fully saturated rings. The molecule has 1 amide bonds. The molecule has 0 bridgehead atoms. The summed E-state index contributed by atoms with van der Waals surface area (Å²) in [4.78, 5) is 11.3. The highest BCUT2D eigenvalue weighted by Crippen LogP contribution is 2.41. The predicted octanol–water partition coefficient (Wildman–Crippen LogP) is -0.879. The molecule has 2 aliphatic heterocycles. The van der Waals surface area contributed by atoms with Crippen molar-refractivity contribution in [2.75, 3.05) is 19.8 Å². The van der Waals surface area contributed by atoms with E-state index in [-0.39, 0.29) is 31.3 Å². The smallest absolute Gasteiger partial charge is 0.217 e. The zero-order chi connectivity index (χ0) is 15.0. The van der Waals surface area contributed by atoms with E-state index < -0.39 is 17.5 Å². The van der Waals surface area contributed by atoms with Crippen LogP contribution in [0.1, 0.15) is 27.2 Å². The fourth-order valence-corrected chi connectivity index (χ4v) is 2.98. The van der Waals surface area contributed by atoms with Crippen molar-refractivity contribution in [3.63, 3.8) is 0 Å². The SMILES string of the molecule is CC(=O)N[C@H]1CO[C@@](CO)(CCN)[C@@H]2OC(C)(C)O[C@H]12. The molecule has 0 aromatic heterocycles. The largest absolute Gasteiger partial charge is 0.393 e. The Bertz CT molecular complexity index is 376. The number of carbonyl (C=O) groups excluding carboxylic acids is 1. The van der Waals surface area contributed by atoms with Crippen molar-refractivity contribution in [3.05, 3.63) is 0 Å². The molecule has 4 atom stereocenters. The fraction of sp³-hybridized carbons (Fsp3) is 0.923. The van der Waals surface area contributed by atoms with Crippen LogP contribution in [0.4, 0.5) is 0 Å². The van der Waals surface area contributed by atoms with Gasteiger partial charge in [-0.15, -0.1) is 0 Å². The van der Waals surface area contributed by atoms with E-state index in [1.165, 1.54) is 6.92 Å². The van der Waals surface area contributed by atoms with Gasteiger partial charge in [-0.2, -0.15) is 0 Å². The molecule has 0 aromatic carbocycles. The van der Waals surface area contributed by atoms with Crippen LogP contribution in [-0.2, 0) is 19.0 Å². The summed E-state index contributed by atoms with van der Waals surface area (Å²) in [5, 5.41) is 12.6. The van der Waals surface area contributed by atoms with Crippen LogP contribution in [0.15, 0.2) is 0 Å². The highest BCUT2D eigenvalue weighted by molar-refractivity contribution is 5.73. The first kappa shape index (κ1) is 15.7. The molecular formula is C13H24N2O5. The molecule has 0 unspecified atom stereocenters. The first-order chi connectivity index (χ1) is 9.33. The lowest BCUT2D eigenvalue weighted by molar-refractivity contribution is -0.205. The van der Waals surface area contributed by atoms with Crippen LogP contribution in [0.25, 0.3) is 0 Å². The normalized spacial score (nSPS) is 39.4. The van der Waals surface area contributed by atoms with Gasteiger partial charge in [-0.1, -0.05) is 0 Å². The van der Waals surface area contributed by atoms with Crippen LogP contribution >= 0.6 is 0 Å². The van der Waals surface area contributed by atoms with Crippen molar-refractivity contribution in [3.8, 4) is 0 Å². The maximum Gasteiger partial charge on any atom is 0.217 e. The molecular weight excluding hydrogens is 264 g/mol. The van der Waals surface area contributed by atoms with E-state index in [2.05, 4.69) is 5.32 Å². The second-order valence-corrected chi connectivity index (χ2v) is 5.90. The van der Waals surface area contributed by atoms with Crippen LogP contribution in [0.2, 0.25) is 0 Å². The molecule has 7 heteroatoms. The number of hydrogen-bond acceptors (Lipinski definition) is 6. The summed E-state index contributed by atoms with van der Waals surface area (Å²) in [5.41, 5.74) is 4.76. The maximum atomic E-state index is 11.3. The average molecular weight is 288 g/mol. The number of ether oxygens (including phenoxy) is 3. The predicted molar refractivity (Wildman–Crippen MR) is 70.9 cm³/mol. The molecule has 4 N–H and O–H groups in total. The second kappa shape index (κ2) is 5.57. The third kappa shape index (κ3) is 2.82. The summed E-state index contributed by atoms with van der Waals surface area (Å²) in [6, 6.07) is -0.295. The van der Waals surface area contributed by atoms with Crippen LogP contribution in [0.3, 0.4) is 0 Å². The van der Waals surface area contributed by atoms with E-state index in [0.29, 0.717) is 13.0 Å². The minimum Gasteiger partial charge on any atom is -0.393 e. The molecule has 7 nitrogen and oxygen atoms in total. The number of amides is 1. The van der Waals surface area contributed by atoms with Gasteiger partial charge in [0.1, 0.15) is 17.8 Å². The Kier molecular flexibility index (Phi) is 4.36. The van der Waals surface area contributed by atoms with Gasteiger partial charge in [0, 0.05) is 6.92 Å². The molecule has 0 spiro atoms. The van der Waals surface area contributed by atoms with Gasteiger partial charge in [0.05, 0.1) is 19.3 Å². The van der Waals surface area contributed by atoms with E-state index in [9.17, 15) is 9.90 Å². The third-order valence-corrected chi connectivity index (χ3v) is 3.82. The molecule has 116 valence electrons. The molecule has 2 rings (SSSR count). The highest BCUT2D eigenvalue weighted by Gasteiger charge is 2.58. The van der Waals surface area contributed by atoms with E-state index in [1.54, 1.807) is 13.8 Å². The number of aliphatic hydroxyl groups excluding tert-OH is 1. The van der Waals surface area contributed by atoms with Crippen molar-refractivity contribution < 1.29 is 24.1 Å². The standard InChI is InChI=1S/C13H24N2O5/c1-8(17)15-9-6-18-13(7-16,4-5-14)11-10(9)19-12(2,3)20-11/h9-11,16H,4-7,14H2,1-3H3,(H,15,17)/t9-,10+,11+,13+/m0/s1. The molecule has 20 heavy (non-hydrogen) atoms. The van der Waals surface area contributed by atoms with Crippen molar-refractivity contribution in [1.29, 1.82) is 0 Å². The molecule has 2 heterocycles. The number of fused-ring (bicyclic) bond motifs is 1. The van der Waals surface area contributed by atoms with Crippen molar-refractivity contribution in [1.82, 2.24) is 5.32 Å². The number of carbonyl (C=O) groups is 1. The summed E-state index contributed by atoms with van der Waals surface area (Å²) in [6.45, 7) is 5.50. The van der Waals surface area contributed by atoms with Crippen molar-refractivity contribution >= 4 is 5.91 Å². The Morgan fingerprint density at radius 1 is 1.45 bits per heavy atom. The molecule has 0 saturated carbocycles. The van der Waals surface area contributed by atoms with E-state index in [4.69, 9.17) is 19.9 Å². The molecule has 2 saturated heterocycles. The van der Waals surface area contributed by atoms with E-state index in [0.717, 1.165) is 0 Å². The number of nitrogens with one attached hydrogen (secondary N) is 1. The molecule has 2 aliphatic rings. The number of nitrogens with two attached hydrogens (primary N) is 1. The lowest BCUT2D eigenvalue weighted by Gasteiger charge is -2.45.